The van der Waals surface area contributed by atoms with Gasteiger partial charge in [0.2, 0.25) is 5.91 Å². The Labute approximate surface area is 206 Å². The van der Waals surface area contributed by atoms with Gasteiger partial charge in [0.1, 0.15) is 6.61 Å². The molecule has 1 fully saturated rings. The number of alkyl carbamates (subject to hydrolysis) is 1. The monoisotopic (exact) mass is 478 g/mol. The average molecular weight is 479 g/mol. The minimum Gasteiger partial charge on any atom is -0.481 e. The zero-order valence-corrected chi connectivity index (χ0v) is 20.2. The summed E-state index contributed by atoms with van der Waals surface area (Å²) in [6, 6.07) is 15.6. The maximum atomic E-state index is 12.7. The molecular weight excluding hydrogens is 444 g/mol. The van der Waals surface area contributed by atoms with Gasteiger partial charge in [-0.15, -0.1) is 0 Å². The Morgan fingerprint density at radius 1 is 1.03 bits per heavy atom. The van der Waals surface area contributed by atoms with E-state index in [1.54, 1.807) is 0 Å². The average Bonchev–Trinajstić information content (AvgIpc) is 3.44. The lowest BCUT2D eigenvalue weighted by molar-refractivity contribution is -0.142. The van der Waals surface area contributed by atoms with Gasteiger partial charge in [0.05, 0.1) is 5.92 Å². The van der Waals surface area contributed by atoms with E-state index < -0.39 is 18.0 Å². The molecule has 7 heteroatoms. The van der Waals surface area contributed by atoms with Crippen molar-refractivity contribution in [3.05, 3.63) is 59.7 Å². The van der Waals surface area contributed by atoms with Crippen LogP contribution in [-0.2, 0) is 14.3 Å². The third kappa shape index (κ3) is 5.84. The van der Waals surface area contributed by atoms with Crippen molar-refractivity contribution >= 4 is 18.0 Å². The fourth-order valence-corrected chi connectivity index (χ4v) is 5.40. The Bertz CT molecular complexity index is 1020. The third-order valence-corrected chi connectivity index (χ3v) is 7.18. The lowest BCUT2D eigenvalue weighted by Gasteiger charge is -2.22. The maximum Gasteiger partial charge on any atom is 0.407 e. The number of hydrogen-bond donors (Lipinski definition) is 3. The first kappa shape index (κ1) is 24.8. The van der Waals surface area contributed by atoms with Crippen molar-refractivity contribution in [2.45, 2.75) is 69.9 Å². The van der Waals surface area contributed by atoms with E-state index in [1.165, 1.54) is 11.1 Å². The molecule has 7 nitrogen and oxygen atoms in total. The molecule has 3 atom stereocenters. The predicted octanol–water partition coefficient (Wildman–Crippen LogP) is 4.84. The first-order chi connectivity index (χ1) is 17.0. The molecule has 0 aromatic heterocycles. The number of benzene rings is 2. The topological polar surface area (TPSA) is 105 Å². The number of carboxylic acids is 1. The lowest BCUT2D eigenvalue weighted by Crippen LogP contribution is -2.44. The van der Waals surface area contributed by atoms with Crippen LogP contribution in [0.3, 0.4) is 0 Å². The van der Waals surface area contributed by atoms with Gasteiger partial charge in [-0.05, 0) is 41.5 Å². The highest BCUT2D eigenvalue weighted by atomic mass is 16.5. The summed E-state index contributed by atoms with van der Waals surface area (Å²) in [5, 5.41) is 15.1. The largest absolute Gasteiger partial charge is 0.481 e. The molecule has 186 valence electrons. The molecule has 0 radical (unpaired) electrons. The van der Waals surface area contributed by atoms with Crippen molar-refractivity contribution in [3.63, 3.8) is 0 Å². The van der Waals surface area contributed by atoms with Crippen LogP contribution in [-0.4, -0.2) is 41.8 Å². The van der Waals surface area contributed by atoms with E-state index in [0.717, 1.165) is 30.4 Å². The fourth-order valence-electron chi connectivity index (χ4n) is 5.40. The summed E-state index contributed by atoms with van der Waals surface area (Å²) in [7, 11) is 0. The van der Waals surface area contributed by atoms with Crippen LogP contribution >= 0.6 is 0 Å². The molecule has 0 aliphatic heterocycles. The fraction of sp³-hybridized carbons (Fsp3) is 0.464. The highest BCUT2D eigenvalue weighted by molar-refractivity contribution is 5.80. The number of amides is 2. The molecule has 0 saturated heterocycles. The number of ether oxygens (including phenoxy) is 1. The second kappa shape index (κ2) is 11.4. The van der Waals surface area contributed by atoms with Gasteiger partial charge in [0, 0.05) is 24.4 Å². The third-order valence-electron chi connectivity index (χ3n) is 7.18. The second-order valence-electron chi connectivity index (χ2n) is 9.56. The summed E-state index contributed by atoms with van der Waals surface area (Å²) in [6.07, 6.45) is 4.06. The van der Waals surface area contributed by atoms with Crippen molar-refractivity contribution < 1.29 is 24.2 Å². The molecule has 35 heavy (non-hydrogen) atoms. The van der Waals surface area contributed by atoms with Gasteiger partial charge in [-0.1, -0.05) is 74.7 Å². The number of hydrogen-bond acceptors (Lipinski definition) is 4. The summed E-state index contributed by atoms with van der Waals surface area (Å²) < 4.78 is 5.65. The van der Waals surface area contributed by atoms with E-state index in [0.29, 0.717) is 19.3 Å². The Hall–Kier alpha value is -3.35. The van der Waals surface area contributed by atoms with Gasteiger partial charge in [0.25, 0.3) is 0 Å². The van der Waals surface area contributed by atoms with Crippen LogP contribution in [0.25, 0.3) is 11.1 Å². The maximum absolute atomic E-state index is 12.7. The number of carbonyl (C=O) groups is 3. The van der Waals surface area contributed by atoms with Gasteiger partial charge >= 0.3 is 12.1 Å². The summed E-state index contributed by atoms with van der Waals surface area (Å²) in [5.41, 5.74) is 4.63. The molecule has 2 aliphatic carbocycles. The summed E-state index contributed by atoms with van der Waals surface area (Å²) in [5.74, 6) is -1.67. The van der Waals surface area contributed by atoms with Crippen LogP contribution in [0.4, 0.5) is 4.79 Å². The zero-order valence-electron chi connectivity index (χ0n) is 20.2. The Morgan fingerprint density at radius 2 is 1.69 bits per heavy atom. The minimum absolute atomic E-state index is 0.0270. The number of nitrogens with one attached hydrogen (secondary N) is 2. The summed E-state index contributed by atoms with van der Waals surface area (Å²) in [4.78, 5) is 36.8. The van der Waals surface area contributed by atoms with Crippen molar-refractivity contribution in [1.82, 2.24) is 10.6 Å². The molecule has 1 saturated carbocycles. The molecule has 0 heterocycles. The molecular formula is C28H34N2O5. The number of carbonyl (C=O) groups excluding carboxylic acids is 2. The molecule has 3 N–H and O–H groups in total. The minimum atomic E-state index is -0.868. The number of aliphatic carboxylic acids is 1. The van der Waals surface area contributed by atoms with E-state index in [2.05, 4.69) is 41.8 Å². The number of carboxylic acid groups (broad SMARTS) is 1. The van der Waals surface area contributed by atoms with Crippen LogP contribution < -0.4 is 10.6 Å². The molecule has 0 bridgehead atoms. The van der Waals surface area contributed by atoms with E-state index in [4.69, 9.17) is 4.74 Å². The molecule has 2 amide bonds. The lowest BCUT2D eigenvalue weighted by atomic mass is 9.98. The smallest absolute Gasteiger partial charge is 0.407 e. The van der Waals surface area contributed by atoms with Crippen molar-refractivity contribution in [1.29, 1.82) is 0 Å². The van der Waals surface area contributed by atoms with Crippen LogP contribution in [0.1, 0.15) is 68.9 Å². The Balaban J connectivity index is 1.34. The quantitative estimate of drug-likeness (QED) is 0.453. The van der Waals surface area contributed by atoms with Crippen LogP contribution in [0.15, 0.2) is 48.5 Å². The molecule has 4 rings (SSSR count). The van der Waals surface area contributed by atoms with Crippen molar-refractivity contribution in [2.75, 3.05) is 6.61 Å². The van der Waals surface area contributed by atoms with Gasteiger partial charge < -0.3 is 20.5 Å². The second-order valence-corrected chi connectivity index (χ2v) is 9.56. The molecule has 2 aliphatic rings. The standard InChI is InChI=1S/C28H34N2O5/c1-2-3-9-18(16-26(31)30-25-15-8-14-23(25)27(32)33)29-28(34)35-17-24-21-12-6-4-10-19(21)20-11-5-7-13-22(20)24/h4-7,10-13,18,23-25H,2-3,8-9,14-17H2,1H3,(H,29,34)(H,30,31)(H,32,33)/t18-,23?,25?/m1/s1. The zero-order chi connectivity index (χ0) is 24.8. The highest BCUT2D eigenvalue weighted by Crippen LogP contribution is 2.44. The number of rotatable bonds is 10. The predicted molar refractivity (Wildman–Crippen MR) is 133 cm³/mol. The van der Waals surface area contributed by atoms with Crippen LogP contribution in [0, 0.1) is 5.92 Å². The summed E-state index contributed by atoms with van der Waals surface area (Å²) in [6.45, 7) is 2.27. The molecule has 2 unspecified atom stereocenters. The highest BCUT2D eigenvalue weighted by Gasteiger charge is 2.34. The number of fused-ring (bicyclic) bond motifs is 3. The van der Waals surface area contributed by atoms with Crippen molar-refractivity contribution in [3.8, 4) is 11.1 Å². The summed E-state index contributed by atoms with van der Waals surface area (Å²) >= 11 is 0. The normalized spacial score (nSPS) is 19.5. The van der Waals surface area contributed by atoms with Gasteiger partial charge in [-0.2, -0.15) is 0 Å². The van der Waals surface area contributed by atoms with E-state index in [1.807, 2.05) is 24.3 Å². The van der Waals surface area contributed by atoms with Crippen LogP contribution in [0.5, 0.6) is 0 Å². The van der Waals surface area contributed by atoms with Gasteiger partial charge in [-0.3, -0.25) is 9.59 Å². The Kier molecular flexibility index (Phi) is 8.06. The molecule has 2 aromatic rings. The number of unbranched alkanes of at least 4 members (excludes halogenated alkanes) is 1. The van der Waals surface area contributed by atoms with E-state index >= 15 is 0 Å². The van der Waals surface area contributed by atoms with E-state index in [-0.39, 0.29) is 36.9 Å². The SMILES string of the molecule is CCCC[C@H](CC(=O)NC1CCCC1C(=O)O)NC(=O)OCC1c2ccccc2-c2ccccc21. The first-order valence-electron chi connectivity index (χ1n) is 12.6. The van der Waals surface area contributed by atoms with Crippen LogP contribution in [0.2, 0.25) is 0 Å². The molecule has 0 spiro atoms. The van der Waals surface area contributed by atoms with Gasteiger partial charge in [0.15, 0.2) is 0 Å². The van der Waals surface area contributed by atoms with Crippen molar-refractivity contribution in [2.24, 2.45) is 5.92 Å². The Morgan fingerprint density at radius 3 is 2.31 bits per heavy atom. The first-order valence-corrected chi connectivity index (χ1v) is 12.6. The van der Waals surface area contributed by atoms with E-state index in [9.17, 15) is 19.5 Å². The van der Waals surface area contributed by atoms with Gasteiger partial charge in [-0.25, -0.2) is 4.79 Å². The molecule has 2 aromatic carbocycles.